The van der Waals surface area contributed by atoms with Crippen molar-refractivity contribution in [1.29, 1.82) is 0 Å². The van der Waals surface area contributed by atoms with Gasteiger partial charge in [-0.05, 0) is 79.9 Å². The molecule has 1 N–H and O–H groups in total. The van der Waals surface area contributed by atoms with E-state index in [2.05, 4.69) is 10.3 Å². The predicted molar refractivity (Wildman–Crippen MR) is 140 cm³/mol. The maximum absolute atomic E-state index is 13.2. The number of nitrogens with one attached hydrogen (secondary N) is 1. The van der Waals surface area contributed by atoms with Gasteiger partial charge in [0.2, 0.25) is 5.89 Å². The molecule has 6 nitrogen and oxygen atoms in total. The van der Waals surface area contributed by atoms with Gasteiger partial charge in [-0.25, -0.2) is 13.8 Å². The van der Waals surface area contributed by atoms with Crippen molar-refractivity contribution in [3.8, 4) is 17.2 Å². The SMILES string of the molecule is CCOC(=O)C(Cc1ccc(OCCc2nc(-c3ccc(F)cc3)oc2C)cc1)NCc1ccc(F)cc1. The van der Waals surface area contributed by atoms with Crippen LogP contribution in [0, 0.1) is 18.6 Å². The van der Waals surface area contributed by atoms with E-state index in [9.17, 15) is 13.6 Å². The summed E-state index contributed by atoms with van der Waals surface area (Å²) in [5.74, 6) is 0.893. The highest BCUT2D eigenvalue weighted by Crippen LogP contribution is 2.23. The summed E-state index contributed by atoms with van der Waals surface area (Å²) in [7, 11) is 0. The Morgan fingerprint density at radius 2 is 1.58 bits per heavy atom. The van der Waals surface area contributed by atoms with E-state index in [0.29, 0.717) is 49.0 Å². The molecule has 0 bridgehead atoms. The number of carbonyl (C=O) groups excluding carboxylic acids is 1. The average molecular weight is 521 g/mol. The molecule has 38 heavy (non-hydrogen) atoms. The summed E-state index contributed by atoms with van der Waals surface area (Å²) in [6.07, 6.45) is 0.987. The molecule has 4 aromatic rings. The highest BCUT2D eigenvalue weighted by molar-refractivity contribution is 5.76. The van der Waals surface area contributed by atoms with Crippen molar-refractivity contribution < 1.29 is 27.5 Å². The topological polar surface area (TPSA) is 73.6 Å². The van der Waals surface area contributed by atoms with Crippen LogP contribution in [0.1, 0.15) is 29.5 Å². The Balaban J connectivity index is 1.30. The van der Waals surface area contributed by atoms with Gasteiger partial charge < -0.3 is 19.2 Å². The number of nitrogens with zero attached hydrogens (tertiary/aromatic N) is 1. The highest BCUT2D eigenvalue weighted by Gasteiger charge is 2.20. The van der Waals surface area contributed by atoms with Crippen LogP contribution in [0.25, 0.3) is 11.5 Å². The maximum Gasteiger partial charge on any atom is 0.323 e. The summed E-state index contributed by atoms with van der Waals surface area (Å²) in [5.41, 5.74) is 3.31. The molecule has 0 fully saturated rings. The minimum Gasteiger partial charge on any atom is -0.493 e. The van der Waals surface area contributed by atoms with Crippen LogP contribution in [0.2, 0.25) is 0 Å². The minimum atomic E-state index is -0.544. The minimum absolute atomic E-state index is 0.288. The number of carbonyl (C=O) groups is 1. The molecule has 1 aromatic heterocycles. The van der Waals surface area contributed by atoms with Crippen LogP contribution in [0.3, 0.4) is 0 Å². The first-order chi connectivity index (χ1) is 18.4. The molecular weight excluding hydrogens is 490 g/mol. The van der Waals surface area contributed by atoms with E-state index in [-0.39, 0.29) is 24.2 Å². The number of oxazole rings is 1. The first-order valence-electron chi connectivity index (χ1n) is 12.5. The third kappa shape index (κ3) is 7.49. The number of hydrogen-bond acceptors (Lipinski definition) is 6. The molecule has 4 rings (SSSR count). The van der Waals surface area contributed by atoms with Gasteiger partial charge in [0.05, 0.1) is 18.9 Å². The van der Waals surface area contributed by atoms with E-state index in [1.807, 2.05) is 31.2 Å². The van der Waals surface area contributed by atoms with Gasteiger partial charge in [-0.3, -0.25) is 4.79 Å². The third-order valence-corrected chi connectivity index (χ3v) is 5.99. The molecule has 8 heteroatoms. The molecule has 0 aliphatic carbocycles. The molecule has 1 unspecified atom stereocenters. The Bertz CT molecular complexity index is 1320. The van der Waals surface area contributed by atoms with Crippen LogP contribution in [0.15, 0.2) is 77.2 Å². The lowest BCUT2D eigenvalue weighted by Crippen LogP contribution is -2.39. The van der Waals surface area contributed by atoms with Crippen LogP contribution in [0.4, 0.5) is 8.78 Å². The number of rotatable bonds is 12. The Morgan fingerprint density at radius 3 is 2.24 bits per heavy atom. The Morgan fingerprint density at radius 1 is 0.947 bits per heavy atom. The van der Waals surface area contributed by atoms with Gasteiger partial charge in [0.15, 0.2) is 0 Å². The van der Waals surface area contributed by atoms with Gasteiger partial charge in [0.1, 0.15) is 29.2 Å². The fraction of sp³-hybridized carbons (Fsp3) is 0.267. The van der Waals surface area contributed by atoms with Crippen LogP contribution in [-0.2, 0) is 28.9 Å². The van der Waals surface area contributed by atoms with Crippen LogP contribution < -0.4 is 10.1 Å². The van der Waals surface area contributed by atoms with E-state index in [1.54, 1.807) is 31.2 Å². The molecule has 0 aliphatic heterocycles. The van der Waals surface area contributed by atoms with Crippen molar-refractivity contribution in [2.45, 2.75) is 39.3 Å². The van der Waals surface area contributed by atoms with Crippen molar-refractivity contribution in [3.05, 3.63) is 107 Å². The molecule has 0 saturated carbocycles. The van der Waals surface area contributed by atoms with Gasteiger partial charge in [-0.2, -0.15) is 0 Å². The molecule has 0 aliphatic rings. The van der Waals surface area contributed by atoms with Crippen molar-refractivity contribution >= 4 is 5.97 Å². The number of aromatic nitrogens is 1. The van der Waals surface area contributed by atoms with Gasteiger partial charge in [0.25, 0.3) is 0 Å². The molecule has 0 spiro atoms. The van der Waals surface area contributed by atoms with Gasteiger partial charge in [0, 0.05) is 18.5 Å². The smallest absolute Gasteiger partial charge is 0.323 e. The fourth-order valence-electron chi connectivity index (χ4n) is 3.92. The second-order valence-electron chi connectivity index (χ2n) is 8.79. The first-order valence-corrected chi connectivity index (χ1v) is 12.5. The summed E-state index contributed by atoms with van der Waals surface area (Å²) in [6, 6.07) is 19.2. The molecular formula is C30H30F2N2O4. The Hall–Kier alpha value is -4.04. The number of aryl methyl sites for hydroxylation is 1. The van der Waals surface area contributed by atoms with Gasteiger partial charge in [-0.15, -0.1) is 0 Å². The number of halogens is 2. The van der Waals surface area contributed by atoms with Crippen molar-refractivity contribution in [2.75, 3.05) is 13.2 Å². The molecule has 3 aromatic carbocycles. The monoisotopic (exact) mass is 520 g/mol. The number of benzene rings is 3. The molecule has 0 saturated heterocycles. The number of hydrogen-bond donors (Lipinski definition) is 1. The van der Waals surface area contributed by atoms with Crippen molar-refractivity contribution in [1.82, 2.24) is 10.3 Å². The predicted octanol–water partition coefficient (Wildman–Crippen LogP) is 5.81. The zero-order chi connectivity index (χ0) is 26.9. The van der Waals surface area contributed by atoms with E-state index < -0.39 is 6.04 Å². The molecule has 1 atom stereocenters. The van der Waals surface area contributed by atoms with Crippen LogP contribution in [-0.4, -0.2) is 30.2 Å². The summed E-state index contributed by atoms with van der Waals surface area (Å²) in [6.45, 7) is 4.71. The highest BCUT2D eigenvalue weighted by atomic mass is 19.1. The standard InChI is InChI=1S/C30H30F2N2O4/c1-3-36-30(35)28(33-19-22-4-10-24(31)11-5-22)18-21-6-14-26(15-7-21)37-17-16-27-20(2)38-29(34-27)23-8-12-25(32)13-9-23/h4-15,28,33H,3,16-19H2,1-2H3. The first kappa shape index (κ1) is 27.0. The molecule has 0 amide bonds. The zero-order valence-electron chi connectivity index (χ0n) is 21.4. The van der Waals surface area contributed by atoms with Gasteiger partial charge >= 0.3 is 5.97 Å². The van der Waals surface area contributed by atoms with E-state index in [1.165, 1.54) is 24.3 Å². The summed E-state index contributed by atoms with van der Waals surface area (Å²) < 4.78 is 43.2. The number of ether oxygens (including phenoxy) is 2. The van der Waals surface area contributed by atoms with E-state index in [0.717, 1.165) is 16.8 Å². The lowest BCUT2D eigenvalue weighted by Gasteiger charge is -2.18. The van der Waals surface area contributed by atoms with E-state index >= 15 is 0 Å². The van der Waals surface area contributed by atoms with E-state index in [4.69, 9.17) is 13.9 Å². The van der Waals surface area contributed by atoms with Crippen LogP contribution >= 0.6 is 0 Å². The quantitative estimate of drug-likeness (QED) is 0.238. The van der Waals surface area contributed by atoms with Crippen molar-refractivity contribution in [2.24, 2.45) is 0 Å². The molecule has 0 radical (unpaired) electrons. The largest absolute Gasteiger partial charge is 0.493 e. The third-order valence-electron chi connectivity index (χ3n) is 5.99. The second kappa shape index (κ2) is 13.0. The van der Waals surface area contributed by atoms with Gasteiger partial charge in [-0.1, -0.05) is 24.3 Å². The summed E-state index contributed by atoms with van der Waals surface area (Å²) >= 11 is 0. The Labute approximate surface area is 220 Å². The second-order valence-corrected chi connectivity index (χ2v) is 8.79. The Kier molecular flexibility index (Phi) is 9.21. The fourth-order valence-corrected chi connectivity index (χ4v) is 3.92. The zero-order valence-corrected chi connectivity index (χ0v) is 21.4. The lowest BCUT2D eigenvalue weighted by molar-refractivity contribution is -0.145. The average Bonchev–Trinajstić information content (AvgIpc) is 3.29. The molecule has 198 valence electrons. The number of esters is 1. The van der Waals surface area contributed by atoms with Crippen molar-refractivity contribution in [3.63, 3.8) is 0 Å². The normalized spacial score (nSPS) is 11.8. The summed E-state index contributed by atoms with van der Waals surface area (Å²) in [4.78, 5) is 17.0. The van der Waals surface area contributed by atoms with Crippen LogP contribution in [0.5, 0.6) is 5.75 Å². The lowest BCUT2D eigenvalue weighted by atomic mass is 10.1. The maximum atomic E-state index is 13.2. The molecule has 1 heterocycles. The summed E-state index contributed by atoms with van der Waals surface area (Å²) in [5, 5.41) is 3.21.